The molecule has 5 nitrogen and oxygen atoms in total. The number of ether oxygens (including phenoxy) is 1. The fraction of sp³-hybridized carbons (Fsp3) is 0.500. The average molecular weight is 288 g/mol. The lowest BCUT2D eigenvalue weighted by Crippen LogP contribution is -2.39. The molecule has 0 spiro atoms. The Kier molecular flexibility index (Phi) is 4.08. The molecule has 5 heteroatoms. The lowest BCUT2D eigenvalue weighted by molar-refractivity contribution is -0.127. The Morgan fingerprint density at radius 1 is 1.29 bits per heavy atom. The predicted molar refractivity (Wildman–Crippen MR) is 77.6 cm³/mol. The molecule has 0 bridgehead atoms. The molecular weight excluding hydrogens is 268 g/mol. The molecule has 112 valence electrons. The number of hydrogen-bond acceptors (Lipinski definition) is 3. The van der Waals surface area contributed by atoms with Crippen molar-refractivity contribution in [2.75, 3.05) is 19.6 Å². The predicted octanol–water partition coefficient (Wildman–Crippen LogP) is 2.10. The van der Waals surface area contributed by atoms with Crippen molar-refractivity contribution < 1.29 is 14.3 Å². The minimum absolute atomic E-state index is 0.119. The third-order valence-electron chi connectivity index (χ3n) is 4.22. The Morgan fingerprint density at radius 2 is 2.05 bits per heavy atom. The van der Waals surface area contributed by atoms with Gasteiger partial charge >= 0.3 is 6.09 Å². The van der Waals surface area contributed by atoms with Gasteiger partial charge in [-0.3, -0.25) is 4.79 Å². The number of rotatable bonds is 5. The number of amides is 2. The van der Waals surface area contributed by atoms with Crippen LogP contribution in [0.5, 0.6) is 0 Å². The molecule has 21 heavy (non-hydrogen) atoms. The molecule has 2 fully saturated rings. The summed E-state index contributed by atoms with van der Waals surface area (Å²) in [5, 5.41) is 2.90. The molecule has 1 N–H and O–H groups in total. The molecule has 1 unspecified atom stereocenters. The van der Waals surface area contributed by atoms with Gasteiger partial charge in [-0.2, -0.15) is 0 Å². The van der Waals surface area contributed by atoms with Crippen LogP contribution in [0.4, 0.5) is 4.79 Å². The fourth-order valence-electron chi connectivity index (χ4n) is 2.66. The Labute approximate surface area is 124 Å². The van der Waals surface area contributed by atoms with E-state index in [1.807, 2.05) is 30.3 Å². The summed E-state index contributed by atoms with van der Waals surface area (Å²) in [6.45, 7) is 1.54. The summed E-state index contributed by atoms with van der Waals surface area (Å²) in [7, 11) is 0. The Morgan fingerprint density at radius 3 is 2.71 bits per heavy atom. The third-order valence-corrected chi connectivity index (χ3v) is 4.22. The van der Waals surface area contributed by atoms with Crippen molar-refractivity contribution in [1.82, 2.24) is 10.2 Å². The highest BCUT2D eigenvalue weighted by molar-refractivity contribution is 5.79. The lowest BCUT2D eigenvalue weighted by Gasteiger charge is -2.24. The number of cyclic esters (lactones) is 1. The van der Waals surface area contributed by atoms with E-state index in [1.54, 1.807) is 4.90 Å². The zero-order valence-corrected chi connectivity index (χ0v) is 12.0. The van der Waals surface area contributed by atoms with Gasteiger partial charge in [-0.05, 0) is 18.4 Å². The van der Waals surface area contributed by atoms with Crippen LogP contribution in [-0.4, -0.2) is 36.5 Å². The van der Waals surface area contributed by atoms with E-state index in [4.69, 9.17) is 4.74 Å². The van der Waals surface area contributed by atoms with Crippen LogP contribution in [0.2, 0.25) is 0 Å². The molecule has 0 radical (unpaired) electrons. The molecule has 2 aliphatic rings. The molecule has 1 aliphatic heterocycles. The Hall–Kier alpha value is -2.04. The van der Waals surface area contributed by atoms with Gasteiger partial charge in [0.05, 0.1) is 6.54 Å². The van der Waals surface area contributed by atoms with Crippen LogP contribution in [0.15, 0.2) is 30.3 Å². The van der Waals surface area contributed by atoms with Gasteiger partial charge in [0.1, 0.15) is 6.10 Å². The Balaban J connectivity index is 1.46. The maximum absolute atomic E-state index is 11.8. The van der Waals surface area contributed by atoms with E-state index in [2.05, 4.69) is 5.32 Å². The molecule has 1 atom stereocenters. The second-order valence-corrected chi connectivity index (χ2v) is 5.65. The van der Waals surface area contributed by atoms with Gasteiger partial charge in [0.25, 0.3) is 0 Å². The van der Waals surface area contributed by atoms with E-state index < -0.39 is 0 Å². The number of nitrogens with one attached hydrogen (secondary N) is 1. The summed E-state index contributed by atoms with van der Waals surface area (Å²) >= 11 is 0. The summed E-state index contributed by atoms with van der Waals surface area (Å²) in [5.74, 6) is 0.307. The summed E-state index contributed by atoms with van der Waals surface area (Å²) in [6.07, 6.45) is 2.62. The molecular formula is C16H20N2O3. The van der Waals surface area contributed by atoms with Crippen LogP contribution < -0.4 is 5.32 Å². The van der Waals surface area contributed by atoms with Crippen molar-refractivity contribution in [3.63, 3.8) is 0 Å². The maximum atomic E-state index is 11.8. The molecule has 1 heterocycles. The van der Waals surface area contributed by atoms with Crippen molar-refractivity contribution in [3.05, 3.63) is 35.9 Å². The van der Waals surface area contributed by atoms with Crippen molar-refractivity contribution in [2.45, 2.75) is 25.4 Å². The van der Waals surface area contributed by atoms with Crippen molar-refractivity contribution in [3.8, 4) is 0 Å². The van der Waals surface area contributed by atoms with Gasteiger partial charge in [-0.15, -0.1) is 0 Å². The molecule has 1 saturated carbocycles. The first-order chi connectivity index (χ1) is 10.2. The summed E-state index contributed by atoms with van der Waals surface area (Å²) in [4.78, 5) is 25.2. The van der Waals surface area contributed by atoms with Crippen LogP contribution in [0, 0.1) is 5.92 Å². The lowest BCUT2D eigenvalue weighted by atomic mass is 9.85. The van der Waals surface area contributed by atoms with Crippen LogP contribution in [-0.2, 0) is 9.53 Å². The SMILES string of the molecule is O=C(NCCN1CC(c2ccccc2)OC1=O)C1CCC1. The van der Waals surface area contributed by atoms with E-state index >= 15 is 0 Å². The first-order valence-corrected chi connectivity index (χ1v) is 7.52. The van der Waals surface area contributed by atoms with Crippen molar-refractivity contribution >= 4 is 12.0 Å². The summed E-state index contributed by atoms with van der Waals surface area (Å²) in [5.41, 5.74) is 1.01. The number of carbonyl (C=O) groups excluding carboxylic acids is 2. The van der Waals surface area contributed by atoms with Gasteiger partial charge in [-0.25, -0.2) is 4.79 Å². The molecule has 2 amide bonds. The monoisotopic (exact) mass is 288 g/mol. The third kappa shape index (κ3) is 3.17. The van der Waals surface area contributed by atoms with Crippen LogP contribution in [0.3, 0.4) is 0 Å². The minimum Gasteiger partial charge on any atom is -0.439 e. The highest BCUT2D eigenvalue weighted by Gasteiger charge is 2.32. The largest absolute Gasteiger partial charge is 0.439 e. The zero-order valence-electron chi connectivity index (χ0n) is 12.0. The number of nitrogens with zero attached hydrogens (tertiary/aromatic N) is 1. The van der Waals surface area contributed by atoms with Crippen LogP contribution in [0.1, 0.15) is 30.9 Å². The second-order valence-electron chi connectivity index (χ2n) is 5.65. The van der Waals surface area contributed by atoms with Crippen LogP contribution in [0.25, 0.3) is 0 Å². The van der Waals surface area contributed by atoms with Gasteiger partial charge in [0, 0.05) is 19.0 Å². The summed E-state index contributed by atoms with van der Waals surface area (Å²) in [6, 6.07) is 9.73. The number of carbonyl (C=O) groups is 2. The molecule has 0 aromatic heterocycles. The molecule has 1 aromatic rings. The summed E-state index contributed by atoms with van der Waals surface area (Å²) < 4.78 is 5.37. The molecule has 3 rings (SSSR count). The van der Waals surface area contributed by atoms with E-state index in [0.717, 1.165) is 24.8 Å². The normalized spacial score (nSPS) is 21.8. The topological polar surface area (TPSA) is 58.6 Å². The minimum atomic E-state index is -0.304. The zero-order chi connectivity index (χ0) is 14.7. The van der Waals surface area contributed by atoms with E-state index in [1.165, 1.54) is 0 Å². The first kappa shape index (κ1) is 13.9. The average Bonchev–Trinajstić information content (AvgIpc) is 2.79. The van der Waals surface area contributed by atoms with Crippen LogP contribution >= 0.6 is 0 Å². The van der Waals surface area contributed by atoms with Gasteiger partial charge in [-0.1, -0.05) is 36.8 Å². The van der Waals surface area contributed by atoms with Crippen molar-refractivity contribution in [2.24, 2.45) is 5.92 Å². The standard InChI is InChI=1S/C16H20N2O3/c19-15(13-7-4-8-13)17-9-10-18-11-14(21-16(18)20)12-5-2-1-3-6-12/h1-3,5-6,13-14H,4,7-11H2,(H,17,19). The Bertz CT molecular complexity index is 514. The second kappa shape index (κ2) is 6.16. The molecule has 1 aromatic carbocycles. The van der Waals surface area contributed by atoms with E-state index in [9.17, 15) is 9.59 Å². The van der Waals surface area contributed by atoms with Crippen molar-refractivity contribution in [1.29, 1.82) is 0 Å². The smallest absolute Gasteiger partial charge is 0.410 e. The highest BCUT2D eigenvalue weighted by Crippen LogP contribution is 2.27. The first-order valence-electron chi connectivity index (χ1n) is 7.52. The van der Waals surface area contributed by atoms with Gasteiger partial charge < -0.3 is 15.0 Å². The van der Waals surface area contributed by atoms with E-state index in [0.29, 0.717) is 19.6 Å². The molecule has 1 aliphatic carbocycles. The quantitative estimate of drug-likeness (QED) is 0.902. The number of hydrogen-bond donors (Lipinski definition) is 1. The maximum Gasteiger partial charge on any atom is 0.410 e. The fourth-order valence-corrected chi connectivity index (χ4v) is 2.66. The van der Waals surface area contributed by atoms with Gasteiger partial charge in [0.2, 0.25) is 5.91 Å². The number of benzene rings is 1. The highest BCUT2D eigenvalue weighted by atomic mass is 16.6. The van der Waals surface area contributed by atoms with Gasteiger partial charge in [0.15, 0.2) is 0 Å². The molecule has 1 saturated heterocycles. The van der Waals surface area contributed by atoms with E-state index in [-0.39, 0.29) is 24.0 Å².